The average molecular weight is 404 g/mol. The number of nitrogens with two attached hydrogens (primary N) is 1. The van der Waals surface area contributed by atoms with Crippen molar-refractivity contribution in [3.05, 3.63) is 29.8 Å². The molecule has 0 spiro atoms. The molecule has 1 aromatic carbocycles. The molecule has 0 unspecified atom stereocenters. The van der Waals surface area contributed by atoms with Crippen molar-refractivity contribution in [2.45, 2.75) is 6.42 Å². The fraction of sp³-hybridized carbons (Fsp3) is 0.389. The van der Waals surface area contributed by atoms with Crippen LogP contribution in [-0.4, -0.2) is 79.3 Å². The van der Waals surface area contributed by atoms with Crippen molar-refractivity contribution in [3.63, 3.8) is 0 Å². The normalized spacial score (nSPS) is 13.6. The van der Waals surface area contributed by atoms with Crippen LogP contribution in [0.4, 0.5) is 5.69 Å². The van der Waals surface area contributed by atoms with Gasteiger partial charge in [0.2, 0.25) is 11.8 Å². The molecule has 0 saturated carbocycles. The summed E-state index contributed by atoms with van der Waals surface area (Å²) >= 11 is 0. The predicted octanol–water partition coefficient (Wildman–Crippen LogP) is -1.04. The molecule has 0 aliphatic carbocycles. The van der Waals surface area contributed by atoms with E-state index in [1.807, 2.05) is 0 Å². The number of methoxy groups -OCH3 is 1. The molecule has 1 heterocycles. The second-order valence-corrected chi connectivity index (χ2v) is 6.33. The van der Waals surface area contributed by atoms with Crippen molar-refractivity contribution in [2.75, 3.05) is 45.2 Å². The van der Waals surface area contributed by atoms with E-state index in [2.05, 4.69) is 15.4 Å². The zero-order valence-electron chi connectivity index (χ0n) is 16.1. The standard InChI is InChI=1S/C18H24N6O5/c1-29-16(27)5-6-21-17(28)12-3-2-4-13(9-12)22-14(25)10-23-7-8-24(18(19)20)11-15(23)26/h2-4,9H,5-8,10-11H2,1H3,(H3,19,20)(H,21,28)(H,22,25). The van der Waals surface area contributed by atoms with Gasteiger partial charge in [0, 0.05) is 30.9 Å². The summed E-state index contributed by atoms with van der Waals surface area (Å²) < 4.78 is 4.50. The lowest BCUT2D eigenvalue weighted by Crippen LogP contribution is -2.55. The Labute approximate surface area is 167 Å². The fourth-order valence-corrected chi connectivity index (χ4v) is 2.68. The van der Waals surface area contributed by atoms with E-state index >= 15 is 0 Å². The lowest BCUT2D eigenvalue weighted by atomic mass is 10.2. The molecule has 2 rings (SSSR count). The molecule has 5 N–H and O–H groups in total. The predicted molar refractivity (Wildman–Crippen MR) is 104 cm³/mol. The number of amides is 3. The number of benzene rings is 1. The van der Waals surface area contributed by atoms with E-state index in [1.54, 1.807) is 18.2 Å². The monoisotopic (exact) mass is 404 g/mol. The zero-order chi connectivity index (χ0) is 21.4. The first-order chi connectivity index (χ1) is 13.8. The maximum atomic E-state index is 12.3. The lowest BCUT2D eigenvalue weighted by molar-refractivity contribution is -0.140. The molecular weight excluding hydrogens is 380 g/mol. The van der Waals surface area contributed by atoms with Crippen molar-refractivity contribution in [1.82, 2.24) is 15.1 Å². The first-order valence-electron chi connectivity index (χ1n) is 8.92. The number of carbonyl (C=O) groups is 4. The van der Waals surface area contributed by atoms with Crippen molar-refractivity contribution >= 4 is 35.3 Å². The number of carbonyl (C=O) groups excluding carboxylic acids is 4. The van der Waals surface area contributed by atoms with Gasteiger partial charge in [-0.15, -0.1) is 0 Å². The molecule has 1 fully saturated rings. The summed E-state index contributed by atoms with van der Waals surface area (Å²) in [5.74, 6) is -1.69. The van der Waals surface area contributed by atoms with Crippen LogP contribution >= 0.6 is 0 Å². The minimum absolute atomic E-state index is 0.0379. The molecule has 3 amide bonds. The quantitative estimate of drug-likeness (QED) is 0.257. The van der Waals surface area contributed by atoms with E-state index in [9.17, 15) is 19.2 Å². The summed E-state index contributed by atoms with van der Waals surface area (Å²) in [4.78, 5) is 50.4. The summed E-state index contributed by atoms with van der Waals surface area (Å²) in [5.41, 5.74) is 6.10. The zero-order valence-corrected chi connectivity index (χ0v) is 16.1. The van der Waals surface area contributed by atoms with Gasteiger partial charge in [-0.05, 0) is 18.2 Å². The van der Waals surface area contributed by atoms with Gasteiger partial charge in [-0.3, -0.25) is 24.6 Å². The Hall–Kier alpha value is -3.63. The van der Waals surface area contributed by atoms with Crippen LogP contribution in [0.25, 0.3) is 0 Å². The minimum Gasteiger partial charge on any atom is -0.469 e. The second kappa shape index (κ2) is 10.1. The summed E-state index contributed by atoms with van der Waals surface area (Å²) in [6, 6.07) is 6.31. The van der Waals surface area contributed by atoms with Gasteiger partial charge in [0.1, 0.15) is 0 Å². The number of ether oxygens (including phenoxy) is 1. The maximum Gasteiger partial charge on any atom is 0.307 e. The topological polar surface area (TPSA) is 158 Å². The van der Waals surface area contributed by atoms with E-state index < -0.39 is 11.9 Å². The van der Waals surface area contributed by atoms with Gasteiger partial charge >= 0.3 is 5.97 Å². The number of anilines is 1. The summed E-state index contributed by atoms with van der Waals surface area (Å²) in [6.07, 6.45) is 0.0591. The smallest absolute Gasteiger partial charge is 0.307 e. The first-order valence-corrected chi connectivity index (χ1v) is 8.92. The van der Waals surface area contributed by atoms with Crippen LogP contribution in [0, 0.1) is 5.41 Å². The Bertz CT molecular complexity index is 812. The average Bonchev–Trinajstić information content (AvgIpc) is 2.69. The third-order valence-corrected chi connectivity index (χ3v) is 4.24. The fourth-order valence-electron chi connectivity index (χ4n) is 2.68. The van der Waals surface area contributed by atoms with Crippen LogP contribution < -0.4 is 16.4 Å². The van der Waals surface area contributed by atoms with Crippen LogP contribution in [0.5, 0.6) is 0 Å². The number of nitrogens with one attached hydrogen (secondary N) is 3. The summed E-state index contributed by atoms with van der Waals surface area (Å²) in [7, 11) is 1.27. The first kappa shape index (κ1) is 21.7. The Morgan fingerprint density at radius 2 is 2.03 bits per heavy atom. The van der Waals surface area contributed by atoms with Crippen LogP contribution in [-0.2, 0) is 19.1 Å². The number of hydrogen-bond donors (Lipinski definition) is 4. The number of piperazine rings is 1. The SMILES string of the molecule is COC(=O)CCNC(=O)c1cccc(NC(=O)CN2CCN(C(=N)N)CC2=O)c1. The minimum atomic E-state index is -0.426. The van der Waals surface area contributed by atoms with Crippen LogP contribution in [0.15, 0.2) is 24.3 Å². The Morgan fingerprint density at radius 1 is 1.28 bits per heavy atom. The van der Waals surface area contributed by atoms with Gasteiger partial charge in [-0.2, -0.15) is 0 Å². The van der Waals surface area contributed by atoms with Gasteiger partial charge in [0.05, 0.1) is 26.6 Å². The van der Waals surface area contributed by atoms with E-state index in [-0.39, 0.29) is 50.4 Å². The lowest BCUT2D eigenvalue weighted by Gasteiger charge is -2.34. The second-order valence-electron chi connectivity index (χ2n) is 6.33. The van der Waals surface area contributed by atoms with E-state index in [4.69, 9.17) is 11.1 Å². The number of esters is 1. The van der Waals surface area contributed by atoms with Crippen molar-refractivity contribution in [2.24, 2.45) is 5.73 Å². The number of hydrogen-bond acceptors (Lipinski definition) is 6. The van der Waals surface area contributed by atoms with E-state index in [1.165, 1.54) is 23.0 Å². The number of guanidine groups is 1. The molecule has 156 valence electrons. The Morgan fingerprint density at radius 3 is 2.69 bits per heavy atom. The number of nitrogens with zero attached hydrogens (tertiary/aromatic N) is 2. The maximum absolute atomic E-state index is 12.3. The van der Waals surface area contributed by atoms with E-state index in [0.717, 1.165) is 0 Å². The molecule has 11 heteroatoms. The molecule has 29 heavy (non-hydrogen) atoms. The molecule has 11 nitrogen and oxygen atoms in total. The van der Waals surface area contributed by atoms with E-state index in [0.29, 0.717) is 17.8 Å². The third kappa shape index (κ3) is 6.48. The summed E-state index contributed by atoms with van der Waals surface area (Å²) in [6.45, 7) is 0.629. The molecule has 0 bridgehead atoms. The van der Waals surface area contributed by atoms with Crippen molar-refractivity contribution < 1.29 is 23.9 Å². The largest absolute Gasteiger partial charge is 0.469 e. The summed E-state index contributed by atoms with van der Waals surface area (Å²) in [5, 5.41) is 12.6. The Kier molecular flexibility index (Phi) is 7.52. The molecule has 1 saturated heterocycles. The molecule has 0 radical (unpaired) electrons. The van der Waals surface area contributed by atoms with Gasteiger partial charge in [-0.25, -0.2) is 0 Å². The molecule has 1 aromatic rings. The van der Waals surface area contributed by atoms with Gasteiger partial charge in [0.25, 0.3) is 5.91 Å². The molecular formula is C18H24N6O5. The Balaban J connectivity index is 1.87. The van der Waals surface area contributed by atoms with Crippen LogP contribution in [0.3, 0.4) is 0 Å². The van der Waals surface area contributed by atoms with Crippen LogP contribution in [0.2, 0.25) is 0 Å². The van der Waals surface area contributed by atoms with Gasteiger partial charge in [-0.1, -0.05) is 6.07 Å². The number of rotatable bonds is 7. The van der Waals surface area contributed by atoms with Gasteiger partial charge in [0.15, 0.2) is 5.96 Å². The molecule has 0 atom stereocenters. The highest BCUT2D eigenvalue weighted by Crippen LogP contribution is 2.11. The molecule has 0 aromatic heterocycles. The van der Waals surface area contributed by atoms with Gasteiger partial charge < -0.3 is 30.9 Å². The molecule has 1 aliphatic heterocycles. The molecule has 1 aliphatic rings. The van der Waals surface area contributed by atoms with Crippen LogP contribution in [0.1, 0.15) is 16.8 Å². The van der Waals surface area contributed by atoms with Crippen molar-refractivity contribution in [1.29, 1.82) is 5.41 Å². The third-order valence-electron chi connectivity index (χ3n) is 4.24. The highest BCUT2D eigenvalue weighted by molar-refractivity contribution is 5.98. The van der Waals surface area contributed by atoms with Crippen molar-refractivity contribution in [3.8, 4) is 0 Å². The highest BCUT2D eigenvalue weighted by Gasteiger charge is 2.26. The highest BCUT2D eigenvalue weighted by atomic mass is 16.5.